The fraction of sp³-hybridized carbons (Fsp3) is 0.316. The third-order valence-electron chi connectivity index (χ3n) is 4.45. The van der Waals surface area contributed by atoms with E-state index in [4.69, 9.17) is 0 Å². The van der Waals surface area contributed by atoms with E-state index in [0.29, 0.717) is 17.2 Å². The van der Waals surface area contributed by atoms with E-state index in [1.807, 2.05) is 0 Å². The van der Waals surface area contributed by atoms with Crippen LogP contribution >= 0.6 is 0 Å². The molecule has 0 heterocycles. The molecule has 0 radical (unpaired) electrons. The van der Waals surface area contributed by atoms with Gasteiger partial charge in [0.25, 0.3) is 5.91 Å². The standard InChI is InChI=1S/C19H21NO3/c21-15-8-6-14(7-9-15)20-19(23)17-11-10-16(22)12-18(17)13-4-2-1-3-5-13/h6-13,21-22H,1-5H2,(H,20,23). The molecule has 1 aliphatic rings. The molecule has 0 bridgehead atoms. The summed E-state index contributed by atoms with van der Waals surface area (Å²) in [5, 5.41) is 22.0. The van der Waals surface area contributed by atoms with E-state index in [1.165, 1.54) is 31.4 Å². The van der Waals surface area contributed by atoms with Crippen molar-refractivity contribution in [1.82, 2.24) is 0 Å². The summed E-state index contributed by atoms with van der Waals surface area (Å²) in [4.78, 5) is 12.6. The number of carbonyl (C=O) groups is 1. The molecule has 1 amide bonds. The number of hydrogen-bond acceptors (Lipinski definition) is 3. The summed E-state index contributed by atoms with van der Waals surface area (Å²) < 4.78 is 0. The fourth-order valence-corrected chi connectivity index (χ4v) is 3.25. The lowest BCUT2D eigenvalue weighted by molar-refractivity contribution is 0.102. The van der Waals surface area contributed by atoms with Crippen LogP contribution in [0.5, 0.6) is 11.5 Å². The number of phenolic OH excluding ortho intramolecular Hbond substituents is 2. The molecule has 4 heteroatoms. The number of benzene rings is 2. The zero-order chi connectivity index (χ0) is 16.2. The largest absolute Gasteiger partial charge is 0.508 e. The molecular formula is C19H21NO3. The molecule has 0 spiro atoms. The normalized spacial score (nSPS) is 15.3. The number of anilines is 1. The molecule has 1 saturated carbocycles. The smallest absolute Gasteiger partial charge is 0.255 e. The molecule has 4 nitrogen and oxygen atoms in total. The Bertz CT molecular complexity index is 688. The third-order valence-corrected chi connectivity index (χ3v) is 4.45. The number of amides is 1. The Morgan fingerprint density at radius 3 is 2.26 bits per heavy atom. The van der Waals surface area contributed by atoms with E-state index in [-0.39, 0.29) is 17.4 Å². The van der Waals surface area contributed by atoms with Gasteiger partial charge in [-0.2, -0.15) is 0 Å². The first-order valence-corrected chi connectivity index (χ1v) is 8.07. The van der Waals surface area contributed by atoms with Crippen molar-refractivity contribution in [2.75, 3.05) is 5.32 Å². The maximum Gasteiger partial charge on any atom is 0.255 e. The predicted molar refractivity (Wildman–Crippen MR) is 90.0 cm³/mol. The lowest BCUT2D eigenvalue weighted by Gasteiger charge is -2.24. The van der Waals surface area contributed by atoms with Gasteiger partial charge in [-0.05, 0) is 66.8 Å². The van der Waals surface area contributed by atoms with E-state index in [2.05, 4.69) is 5.32 Å². The number of aromatic hydroxyl groups is 2. The maximum atomic E-state index is 12.6. The van der Waals surface area contributed by atoms with Crippen molar-refractivity contribution in [3.05, 3.63) is 53.6 Å². The van der Waals surface area contributed by atoms with Crippen LogP contribution in [0.2, 0.25) is 0 Å². The van der Waals surface area contributed by atoms with Gasteiger partial charge in [0.1, 0.15) is 11.5 Å². The zero-order valence-electron chi connectivity index (χ0n) is 13.0. The quantitative estimate of drug-likeness (QED) is 0.736. The Morgan fingerprint density at radius 1 is 0.913 bits per heavy atom. The first-order valence-electron chi connectivity index (χ1n) is 8.07. The minimum atomic E-state index is -0.184. The van der Waals surface area contributed by atoms with Gasteiger partial charge >= 0.3 is 0 Å². The Morgan fingerprint density at radius 2 is 1.57 bits per heavy atom. The van der Waals surface area contributed by atoms with Crippen LogP contribution in [0.4, 0.5) is 5.69 Å². The SMILES string of the molecule is O=C(Nc1ccc(O)cc1)c1ccc(O)cc1C1CCCCC1. The molecule has 0 saturated heterocycles. The minimum absolute atomic E-state index is 0.163. The average molecular weight is 311 g/mol. The number of phenols is 2. The number of nitrogens with one attached hydrogen (secondary N) is 1. The highest BCUT2D eigenvalue weighted by Crippen LogP contribution is 2.36. The molecule has 23 heavy (non-hydrogen) atoms. The molecular weight excluding hydrogens is 290 g/mol. The molecule has 2 aromatic rings. The van der Waals surface area contributed by atoms with Crippen LogP contribution in [-0.2, 0) is 0 Å². The van der Waals surface area contributed by atoms with Gasteiger partial charge in [-0.1, -0.05) is 19.3 Å². The highest BCUT2D eigenvalue weighted by atomic mass is 16.3. The molecule has 0 aromatic heterocycles. The highest BCUT2D eigenvalue weighted by Gasteiger charge is 2.22. The van der Waals surface area contributed by atoms with E-state index in [9.17, 15) is 15.0 Å². The Labute approximate surface area is 135 Å². The molecule has 0 aliphatic heterocycles. The van der Waals surface area contributed by atoms with Gasteiger partial charge < -0.3 is 15.5 Å². The number of carbonyl (C=O) groups excluding carboxylic acids is 1. The van der Waals surface area contributed by atoms with Crippen molar-refractivity contribution < 1.29 is 15.0 Å². The molecule has 1 aliphatic carbocycles. The highest BCUT2D eigenvalue weighted by molar-refractivity contribution is 6.05. The molecule has 1 fully saturated rings. The number of hydrogen-bond donors (Lipinski definition) is 3. The van der Waals surface area contributed by atoms with Crippen molar-refractivity contribution in [3.8, 4) is 11.5 Å². The molecule has 0 unspecified atom stereocenters. The van der Waals surface area contributed by atoms with Gasteiger partial charge in [0.2, 0.25) is 0 Å². The molecule has 3 N–H and O–H groups in total. The second-order valence-corrected chi connectivity index (χ2v) is 6.11. The van der Waals surface area contributed by atoms with Gasteiger partial charge in [-0.25, -0.2) is 0 Å². The van der Waals surface area contributed by atoms with Crippen LogP contribution in [0.25, 0.3) is 0 Å². The first kappa shape index (κ1) is 15.4. The minimum Gasteiger partial charge on any atom is -0.508 e. The van der Waals surface area contributed by atoms with E-state index < -0.39 is 0 Å². The van der Waals surface area contributed by atoms with Crippen LogP contribution in [0.1, 0.15) is 53.9 Å². The lowest BCUT2D eigenvalue weighted by Crippen LogP contribution is -2.17. The zero-order valence-corrected chi connectivity index (χ0v) is 13.0. The lowest BCUT2D eigenvalue weighted by atomic mass is 9.82. The summed E-state index contributed by atoms with van der Waals surface area (Å²) in [5.74, 6) is 0.509. The van der Waals surface area contributed by atoms with Crippen molar-refractivity contribution >= 4 is 11.6 Å². The second-order valence-electron chi connectivity index (χ2n) is 6.11. The van der Waals surface area contributed by atoms with Crippen molar-refractivity contribution in [2.24, 2.45) is 0 Å². The van der Waals surface area contributed by atoms with Gasteiger partial charge in [0.15, 0.2) is 0 Å². The molecule has 2 aromatic carbocycles. The summed E-state index contributed by atoms with van der Waals surface area (Å²) in [7, 11) is 0. The molecule has 120 valence electrons. The topological polar surface area (TPSA) is 69.6 Å². The van der Waals surface area contributed by atoms with Crippen LogP contribution in [0.15, 0.2) is 42.5 Å². The summed E-state index contributed by atoms with van der Waals surface area (Å²) in [5.41, 5.74) is 2.18. The first-order chi connectivity index (χ1) is 11.1. The van der Waals surface area contributed by atoms with Crippen LogP contribution in [-0.4, -0.2) is 16.1 Å². The monoisotopic (exact) mass is 311 g/mol. The maximum absolute atomic E-state index is 12.6. The summed E-state index contributed by atoms with van der Waals surface area (Å²) in [6, 6.07) is 11.4. The summed E-state index contributed by atoms with van der Waals surface area (Å²) >= 11 is 0. The van der Waals surface area contributed by atoms with Crippen molar-refractivity contribution in [1.29, 1.82) is 0 Å². The Kier molecular flexibility index (Phi) is 4.51. The Balaban J connectivity index is 1.85. The van der Waals surface area contributed by atoms with E-state index >= 15 is 0 Å². The van der Waals surface area contributed by atoms with Gasteiger partial charge in [0, 0.05) is 11.3 Å². The van der Waals surface area contributed by atoms with Crippen LogP contribution in [0, 0.1) is 0 Å². The van der Waals surface area contributed by atoms with Gasteiger partial charge in [-0.15, -0.1) is 0 Å². The van der Waals surface area contributed by atoms with Gasteiger partial charge in [0.05, 0.1) is 0 Å². The van der Waals surface area contributed by atoms with Crippen LogP contribution in [0.3, 0.4) is 0 Å². The van der Waals surface area contributed by atoms with Crippen molar-refractivity contribution in [2.45, 2.75) is 38.0 Å². The number of rotatable bonds is 3. The second kappa shape index (κ2) is 6.73. The molecule has 0 atom stereocenters. The average Bonchev–Trinajstić information content (AvgIpc) is 2.57. The van der Waals surface area contributed by atoms with Crippen molar-refractivity contribution in [3.63, 3.8) is 0 Å². The third kappa shape index (κ3) is 3.65. The van der Waals surface area contributed by atoms with E-state index in [0.717, 1.165) is 18.4 Å². The predicted octanol–water partition coefficient (Wildman–Crippen LogP) is 4.40. The summed E-state index contributed by atoms with van der Waals surface area (Å²) in [6.45, 7) is 0. The van der Waals surface area contributed by atoms with E-state index in [1.54, 1.807) is 30.3 Å². The fourth-order valence-electron chi connectivity index (χ4n) is 3.25. The van der Waals surface area contributed by atoms with Crippen LogP contribution < -0.4 is 5.32 Å². The van der Waals surface area contributed by atoms with Gasteiger partial charge in [-0.3, -0.25) is 4.79 Å². The molecule has 3 rings (SSSR count). The Hall–Kier alpha value is -2.49. The summed E-state index contributed by atoms with van der Waals surface area (Å²) in [6.07, 6.45) is 5.69.